The number of hydrogen-bond donors (Lipinski definition) is 1. The minimum absolute atomic E-state index is 0.549. The van der Waals surface area contributed by atoms with Crippen molar-refractivity contribution in [3.05, 3.63) is 11.6 Å². The van der Waals surface area contributed by atoms with E-state index in [0.29, 0.717) is 6.04 Å². The molecule has 0 aromatic carbocycles. The van der Waals surface area contributed by atoms with Crippen LogP contribution in [0.25, 0.3) is 0 Å². The van der Waals surface area contributed by atoms with Crippen LogP contribution < -0.4 is 5.32 Å². The highest BCUT2D eigenvalue weighted by molar-refractivity contribution is 8.07. The van der Waals surface area contributed by atoms with Gasteiger partial charge in [0.05, 0.1) is 0 Å². The van der Waals surface area contributed by atoms with E-state index in [-0.39, 0.29) is 0 Å². The highest BCUT2D eigenvalue weighted by Gasteiger charge is 2.28. The van der Waals surface area contributed by atoms with E-state index in [9.17, 15) is 0 Å². The van der Waals surface area contributed by atoms with E-state index in [2.05, 4.69) is 62.6 Å². The van der Waals surface area contributed by atoms with Crippen molar-refractivity contribution in [3.63, 3.8) is 0 Å². The number of hydrogen-bond acceptors (Lipinski definition) is 3. The number of allylic oxidation sites excluding steroid dienone is 1. The maximum atomic E-state index is 3.60. The van der Waals surface area contributed by atoms with Crippen molar-refractivity contribution in [1.29, 1.82) is 0 Å². The first-order valence-electron chi connectivity index (χ1n) is 5.76. The third-order valence-corrected chi connectivity index (χ3v) is 5.76. The largest absolute Gasteiger partial charge is 0.310 e. The van der Waals surface area contributed by atoms with Gasteiger partial charge < -0.3 is 5.32 Å². The Morgan fingerprint density at radius 1 is 1.40 bits per heavy atom. The van der Waals surface area contributed by atoms with Crippen LogP contribution in [0, 0.1) is 0 Å². The maximum Gasteiger partial charge on any atom is 0.0382 e. The molecule has 1 aliphatic rings. The van der Waals surface area contributed by atoms with Gasteiger partial charge in [-0.2, -0.15) is 23.5 Å². The van der Waals surface area contributed by atoms with E-state index in [0.717, 1.165) is 17.0 Å². The molecule has 88 valence electrons. The molecule has 1 aliphatic heterocycles. The monoisotopic (exact) mass is 245 g/mol. The predicted molar refractivity (Wildman–Crippen MR) is 75.1 cm³/mol. The Balaban J connectivity index is 2.64. The van der Waals surface area contributed by atoms with E-state index in [4.69, 9.17) is 0 Å². The maximum absolute atomic E-state index is 3.60. The molecule has 0 amide bonds. The van der Waals surface area contributed by atoms with Crippen LogP contribution in [0.15, 0.2) is 11.6 Å². The molecule has 1 N–H and O–H groups in total. The molecular formula is C12H23NS2. The van der Waals surface area contributed by atoms with Crippen molar-refractivity contribution in [2.24, 2.45) is 0 Å². The van der Waals surface area contributed by atoms with Crippen LogP contribution in [-0.4, -0.2) is 34.6 Å². The molecule has 0 bridgehead atoms. The van der Waals surface area contributed by atoms with Gasteiger partial charge in [0.1, 0.15) is 0 Å². The molecule has 0 saturated carbocycles. The van der Waals surface area contributed by atoms with Crippen LogP contribution >= 0.6 is 23.5 Å². The Morgan fingerprint density at radius 3 is 2.60 bits per heavy atom. The fourth-order valence-corrected chi connectivity index (χ4v) is 4.81. The minimum Gasteiger partial charge on any atom is -0.310 e. The summed E-state index contributed by atoms with van der Waals surface area (Å²) < 4.78 is 0. The second-order valence-corrected chi connectivity index (χ2v) is 7.01. The standard InChI is InChI=1S/C12H23NS2/c1-5-13-11(8-9(2)3)12-10(4)14-6-7-15-12/h8,10-13H,5-7H2,1-4H3. The molecule has 1 fully saturated rings. The molecule has 0 aliphatic carbocycles. The fourth-order valence-electron chi connectivity index (χ4n) is 1.91. The molecule has 3 heteroatoms. The lowest BCUT2D eigenvalue weighted by Crippen LogP contribution is -2.43. The average molecular weight is 245 g/mol. The summed E-state index contributed by atoms with van der Waals surface area (Å²) >= 11 is 4.25. The molecule has 15 heavy (non-hydrogen) atoms. The van der Waals surface area contributed by atoms with Gasteiger partial charge in [-0.05, 0) is 20.4 Å². The number of nitrogens with one attached hydrogen (secondary N) is 1. The summed E-state index contributed by atoms with van der Waals surface area (Å²) in [6.45, 7) is 10.00. The van der Waals surface area contributed by atoms with Gasteiger partial charge in [-0.15, -0.1) is 0 Å². The number of thioether (sulfide) groups is 2. The zero-order chi connectivity index (χ0) is 11.3. The van der Waals surface area contributed by atoms with E-state index in [1.807, 2.05) is 0 Å². The molecule has 0 radical (unpaired) electrons. The molecule has 0 spiro atoms. The molecule has 3 atom stereocenters. The second-order valence-electron chi connectivity index (χ2n) is 4.24. The predicted octanol–water partition coefficient (Wildman–Crippen LogP) is 3.17. The third-order valence-electron chi connectivity index (χ3n) is 2.54. The Bertz CT molecular complexity index is 212. The molecule has 1 heterocycles. The van der Waals surface area contributed by atoms with E-state index in [1.54, 1.807) is 0 Å². The van der Waals surface area contributed by atoms with Crippen LogP contribution in [-0.2, 0) is 0 Å². The van der Waals surface area contributed by atoms with Gasteiger partial charge in [0.15, 0.2) is 0 Å². The quantitative estimate of drug-likeness (QED) is 0.764. The van der Waals surface area contributed by atoms with Gasteiger partial charge in [0.25, 0.3) is 0 Å². The highest BCUT2D eigenvalue weighted by Crippen LogP contribution is 2.33. The lowest BCUT2D eigenvalue weighted by molar-refractivity contribution is 0.581. The Morgan fingerprint density at radius 2 is 2.07 bits per heavy atom. The Labute approximate surface area is 103 Å². The zero-order valence-electron chi connectivity index (χ0n) is 10.2. The first-order chi connectivity index (χ1) is 7.15. The smallest absolute Gasteiger partial charge is 0.0382 e. The van der Waals surface area contributed by atoms with Gasteiger partial charge >= 0.3 is 0 Å². The van der Waals surface area contributed by atoms with Gasteiger partial charge in [0, 0.05) is 28.0 Å². The topological polar surface area (TPSA) is 12.0 Å². The van der Waals surface area contributed by atoms with Crippen molar-refractivity contribution >= 4 is 23.5 Å². The van der Waals surface area contributed by atoms with Crippen molar-refractivity contribution in [1.82, 2.24) is 5.32 Å². The van der Waals surface area contributed by atoms with Crippen molar-refractivity contribution in [2.75, 3.05) is 18.1 Å². The summed E-state index contributed by atoms with van der Waals surface area (Å²) in [5.41, 5.74) is 1.42. The zero-order valence-corrected chi connectivity index (χ0v) is 11.9. The van der Waals surface area contributed by atoms with E-state index in [1.165, 1.54) is 17.1 Å². The lowest BCUT2D eigenvalue weighted by Gasteiger charge is -2.33. The van der Waals surface area contributed by atoms with Gasteiger partial charge in [-0.25, -0.2) is 0 Å². The Kier molecular flexibility index (Phi) is 6.17. The second kappa shape index (κ2) is 6.87. The summed E-state index contributed by atoms with van der Waals surface area (Å²) in [6, 6.07) is 0.549. The third kappa shape index (κ3) is 4.41. The lowest BCUT2D eigenvalue weighted by atomic mass is 10.1. The van der Waals surface area contributed by atoms with Crippen molar-refractivity contribution in [3.8, 4) is 0 Å². The van der Waals surface area contributed by atoms with E-state index < -0.39 is 0 Å². The van der Waals surface area contributed by atoms with Crippen LogP contribution in [0.4, 0.5) is 0 Å². The highest BCUT2D eigenvalue weighted by atomic mass is 32.2. The number of rotatable bonds is 4. The van der Waals surface area contributed by atoms with Gasteiger partial charge in [-0.1, -0.05) is 25.5 Å². The van der Waals surface area contributed by atoms with Crippen LogP contribution in [0.5, 0.6) is 0 Å². The SMILES string of the molecule is CCNC(C=C(C)C)C1SCCSC1C. The van der Waals surface area contributed by atoms with Gasteiger partial charge in [-0.3, -0.25) is 0 Å². The Hall–Kier alpha value is 0.400. The molecular weight excluding hydrogens is 222 g/mol. The molecule has 1 saturated heterocycles. The fraction of sp³-hybridized carbons (Fsp3) is 0.833. The molecule has 0 aromatic heterocycles. The molecule has 1 rings (SSSR count). The first kappa shape index (κ1) is 13.5. The van der Waals surface area contributed by atoms with E-state index >= 15 is 0 Å². The molecule has 3 unspecified atom stereocenters. The summed E-state index contributed by atoms with van der Waals surface area (Å²) in [4.78, 5) is 0. The molecule has 1 nitrogen and oxygen atoms in total. The van der Waals surface area contributed by atoms with Crippen LogP contribution in [0.1, 0.15) is 27.7 Å². The molecule has 0 aromatic rings. The first-order valence-corrected chi connectivity index (χ1v) is 7.86. The summed E-state index contributed by atoms with van der Waals surface area (Å²) in [7, 11) is 0. The van der Waals surface area contributed by atoms with Crippen molar-refractivity contribution in [2.45, 2.75) is 44.2 Å². The minimum atomic E-state index is 0.549. The normalized spacial score (nSPS) is 28.5. The van der Waals surface area contributed by atoms with Crippen LogP contribution in [0.2, 0.25) is 0 Å². The summed E-state index contributed by atoms with van der Waals surface area (Å²) in [6.07, 6.45) is 2.39. The van der Waals surface area contributed by atoms with Gasteiger partial charge in [0.2, 0.25) is 0 Å². The average Bonchev–Trinajstić information content (AvgIpc) is 2.17. The van der Waals surface area contributed by atoms with Crippen LogP contribution in [0.3, 0.4) is 0 Å². The summed E-state index contributed by atoms with van der Waals surface area (Å²) in [5.74, 6) is 2.62. The summed E-state index contributed by atoms with van der Waals surface area (Å²) in [5, 5.41) is 5.11. The van der Waals surface area contributed by atoms with Crippen molar-refractivity contribution < 1.29 is 0 Å². The number of likely N-dealkylation sites (N-methyl/N-ethyl adjacent to an activating group) is 1.